The number of carboxylic acid groups (broad SMARTS) is 1. The lowest BCUT2D eigenvalue weighted by Crippen LogP contribution is -2.39. The van der Waals surface area contributed by atoms with Crippen LogP contribution in [0.5, 0.6) is 0 Å². The largest absolute Gasteiger partial charge is 0.478 e. The molecule has 0 saturated heterocycles. The SMILES string of the molecule is CC(C)C(C)n1c(=O)c(=O)[nH]c2cccc(C(=O)O)c21. The van der Waals surface area contributed by atoms with E-state index < -0.39 is 17.1 Å². The Hall–Kier alpha value is -2.37. The van der Waals surface area contributed by atoms with E-state index in [1.54, 1.807) is 13.0 Å². The molecule has 106 valence electrons. The number of aromatic carboxylic acids is 1. The molecule has 1 aromatic heterocycles. The van der Waals surface area contributed by atoms with Crippen molar-refractivity contribution in [2.45, 2.75) is 26.8 Å². The predicted octanol–water partition coefficient (Wildman–Crippen LogP) is 1.60. The third-order valence-corrected chi connectivity index (χ3v) is 3.54. The summed E-state index contributed by atoms with van der Waals surface area (Å²) >= 11 is 0. The number of aromatic amines is 1. The van der Waals surface area contributed by atoms with Gasteiger partial charge in [-0.3, -0.25) is 14.2 Å². The average molecular weight is 276 g/mol. The van der Waals surface area contributed by atoms with Gasteiger partial charge in [0.2, 0.25) is 0 Å². The van der Waals surface area contributed by atoms with Crippen LogP contribution in [0.3, 0.4) is 0 Å². The van der Waals surface area contributed by atoms with Gasteiger partial charge in [-0.05, 0) is 25.0 Å². The maximum absolute atomic E-state index is 12.1. The van der Waals surface area contributed by atoms with E-state index in [9.17, 15) is 19.5 Å². The average Bonchev–Trinajstić information content (AvgIpc) is 2.38. The minimum Gasteiger partial charge on any atom is -0.478 e. The van der Waals surface area contributed by atoms with Crippen molar-refractivity contribution in [3.63, 3.8) is 0 Å². The zero-order chi connectivity index (χ0) is 15.0. The molecule has 0 fully saturated rings. The van der Waals surface area contributed by atoms with E-state index in [4.69, 9.17) is 0 Å². The van der Waals surface area contributed by atoms with Crippen molar-refractivity contribution < 1.29 is 9.90 Å². The van der Waals surface area contributed by atoms with Crippen LogP contribution in [-0.4, -0.2) is 20.6 Å². The molecule has 6 heteroatoms. The van der Waals surface area contributed by atoms with E-state index in [1.165, 1.54) is 16.7 Å². The minimum atomic E-state index is -1.13. The molecular weight excluding hydrogens is 260 g/mol. The predicted molar refractivity (Wildman–Crippen MR) is 75.3 cm³/mol. The number of fused-ring (bicyclic) bond motifs is 1. The van der Waals surface area contributed by atoms with Crippen LogP contribution < -0.4 is 11.1 Å². The number of para-hydroxylation sites is 1. The number of rotatable bonds is 3. The second kappa shape index (κ2) is 4.96. The van der Waals surface area contributed by atoms with Gasteiger partial charge in [0.15, 0.2) is 0 Å². The number of carbonyl (C=O) groups is 1. The van der Waals surface area contributed by atoms with E-state index in [1.807, 2.05) is 13.8 Å². The fourth-order valence-corrected chi connectivity index (χ4v) is 2.15. The zero-order valence-corrected chi connectivity index (χ0v) is 11.5. The maximum Gasteiger partial charge on any atom is 0.337 e. The van der Waals surface area contributed by atoms with E-state index in [2.05, 4.69) is 4.98 Å². The van der Waals surface area contributed by atoms with Crippen LogP contribution in [0.1, 0.15) is 37.2 Å². The molecule has 0 radical (unpaired) electrons. The van der Waals surface area contributed by atoms with Crippen LogP contribution in [0.25, 0.3) is 11.0 Å². The van der Waals surface area contributed by atoms with E-state index in [-0.39, 0.29) is 23.0 Å². The van der Waals surface area contributed by atoms with Crippen LogP contribution in [0.4, 0.5) is 0 Å². The van der Waals surface area contributed by atoms with Gasteiger partial charge in [-0.1, -0.05) is 19.9 Å². The van der Waals surface area contributed by atoms with Crippen molar-refractivity contribution in [1.29, 1.82) is 0 Å². The van der Waals surface area contributed by atoms with Gasteiger partial charge < -0.3 is 10.1 Å². The summed E-state index contributed by atoms with van der Waals surface area (Å²) < 4.78 is 1.28. The first kappa shape index (κ1) is 14.0. The van der Waals surface area contributed by atoms with Gasteiger partial charge in [-0.25, -0.2) is 4.79 Å². The first-order chi connectivity index (χ1) is 9.34. The molecule has 20 heavy (non-hydrogen) atoms. The van der Waals surface area contributed by atoms with Crippen molar-refractivity contribution >= 4 is 17.0 Å². The molecule has 2 rings (SSSR count). The fourth-order valence-electron chi connectivity index (χ4n) is 2.15. The Morgan fingerprint density at radius 2 is 1.90 bits per heavy atom. The molecule has 0 saturated carbocycles. The zero-order valence-electron chi connectivity index (χ0n) is 11.5. The monoisotopic (exact) mass is 276 g/mol. The molecule has 0 aliphatic carbocycles. The Kier molecular flexibility index (Phi) is 3.48. The molecule has 0 aliphatic heterocycles. The van der Waals surface area contributed by atoms with Gasteiger partial charge in [0.05, 0.1) is 16.6 Å². The number of nitrogens with zero attached hydrogens (tertiary/aromatic N) is 1. The number of hydrogen-bond acceptors (Lipinski definition) is 3. The maximum atomic E-state index is 12.1. The second-order valence-electron chi connectivity index (χ2n) is 5.12. The third kappa shape index (κ3) is 2.13. The normalized spacial score (nSPS) is 12.8. The lowest BCUT2D eigenvalue weighted by molar-refractivity contribution is 0.0698. The summed E-state index contributed by atoms with van der Waals surface area (Å²) in [6.45, 7) is 5.62. The Bertz CT molecular complexity index is 786. The molecule has 2 N–H and O–H groups in total. The Morgan fingerprint density at radius 3 is 2.45 bits per heavy atom. The third-order valence-electron chi connectivity index (χ3n) is 3.54. The molecule has 6 nitrogen and oxygen atoms in total. The summed E-state index contributed by atoms with van der Waals surface area (Å²) in [5.74, 6) is -1.05. The molecule has 2 aromatic rings. The van der Waals surface area contributed by atoms with Crippen LogP contribution in [-0.2, 0) is 0 Å². The Balaban J connectivity index is 3.03. The summed E-state index contributed by atoms with van der Waals surface area (Å²) in [6, 6.07) is 4.27. The molecular formula is C14H16N2O4. The van der Waals surface area contributed by atoms with Gasteiger partial charge in [0.1, 0.15) is 0 Å². The van der Waals surface area contributed by atoms with Crippen LogP contribution in [0, 0.1) is 5.92 Å². The molecule has 0 aliphatic rings. The number of benzene rings is 1. The Morgan fingerprint density at radius 1 is 1.25 bits per heavy atom. The number of carboxylic acids is 1. The topological polar surface area (TPSA) is 92.2 Å². The molecule has 0 spiro atoms. The number of nitrogens with one attached hydrogen (secondary N) is 1. The summed E-state index contributed by atoms with van der Waals surface area (Å²) in [4.78, 5) is 37.6. The van der Waals surface area contributed by atoms with Gasteiger partial charge in [-0.15, -0.1) is 0 Å². The quantitative estimate of drug-likeness (QED) is 0.833. The summed E-state index contributed by atoms with van der Waals surface area (Å²) in [6.07, 6.45) is 0. The lowest BCUT2D eigenvalue weighted by Gasteiger charge is -2.21. The minimum absolute atomic E-state index is 0.00310. The molecule has 1 heterocycles. The van der Waals surface area contributed by atoms with E-state index >= 15 is 0 Å². The molecule has 1 unspecified atom stereocenters. The van der Waals surface area contributed by atoms with Crippen LogP contribution in [0.2, 0.25) is 0 Å². The highest BCUT2D eigenvalue weighted by Gasteiger charge is 2.20. The van der Waals surface area contributed by atoms with Crippen molar-refractivity contribution in [2.75, 3.05) is 0 Å². The second-order valence-corrected chi connectivity index (χ2v) is 5.12. The van der Waals surface area contributed by atoms with Crippen LogP contribution >= 0.6 is 0 Å². The number of H-pyrrole nitrogens is 1. The summed E-state index contributed by atoms with van der Waals surface area (Å²) in [5.41, 5.74) is -0.865. The highest BCUT2D eigenvalue weighted by atomic mass is 16.4. The van der Waals surface area contributed by atoms with Gasteiger partial charge in [0.25, 0.3) is 0 Å². The first-order valence-electron chi connectivity index (χ1n) is 6.35. The van der Waals surface area contributed by atoms with Gasteiger partial charge >= 0.3 is 17.1 Å². The lowest BCUT2D eigenvalue weighted by atomic mass is 10.0. The van der Waals surface area contributed by atoms with Crippen LogP contribution in [0.15, 0.2) is 27.8 Å². The molecule has 1 aromatic carbocycles. The van der Waals surface area contributed by atoms with Crippen molar-refractivity contribution in [2.24, 2.45) is 5.92 Å². The van der Waals surface area contributed by atoms with E-state index in [0.717, 1.165) is 0 Å². The highest BCUT2D eigenvalue weighted by molar-refractivity contribution is 6.00. The van der Waals surface area contributed by atoms with E-state index in [0.29, 0.717) is 5.52 Å². The first-order valence-corrected chi connectivity index (χ1v) is 6.35. The fraction of sp³-hybridized carbons (Fsp3) is 0.357. The number of aromatic nitrogens is 2. The standard InChI is InChI=1S/C14H16N2O4/c1-7(2)8(3)16-11-9(14(19)20)5-4-6-10(11)15-12(17)13(16)18/h4-8H,1-3H3,(H,15,17)(H,19,20). The smallest absolute Gasteiger partial charge is 0.337 e. The summed E-state index contributed by atoms with van der Waals surface area (Å²) in [7, 11) is 0. The Labute approximate surface area is 114 Å². The van der Waals surface area contributed by atoms with Crippen molar-refractivity contribution in [1.82, 2.24) is 9.55 Å². The molecule has 0 amide bonds. The van der Waals surface area contributed by atoms with Gasteiger partial charge in [0, 0.05) is 6.04 Å². The molecule has 1 atom stereocenters. The molecule has 0 bridgehead atoms. The van der Waals surface area contributed by atoms with Crippen molar-refractivity contribution in [3.05, 3.63) is 44.5 Å². The number of hydrogen-bond donors (Lipinski definition) is 2. The van der Waals surface area contributed by atoms with Gasteiger partial charge in [-0.2, -0.15) is 0 Å². The highest BCUT2D eigenvalue weighted by Crippen LogP contribution is 2.22. The van der Waals surface area contributed by atoms with Crippen molar-refractivity contribution in [3.8, 4) is 0 Å². The summed E-state index contributed by atoms with van der Waals surface area (Å²) in [5, 5.41) is 9.28.